The topological polar surface area (TPSA) is 4.93 Å². The van der Waals surface area contributed by atoms with E-state index in [0.717, 1.165) is 0 Å². The first-order chi connectivity index (χ1) is 12.6. The van der Waals surface area contributed by atoms with Crippen LogP contribution in [0, 0.1) is 0 Å². The zero-order valence-electron chi connectivity index (χ0n) is 17.3. The van der Waals surface area contributed by atoms with Crippen molar-refractivity contribution in [2.75, 3.05) is 0 Å². The molecule has 0 fully saturated rings. The van der Waals surface area contributed by atoms with Crippen molar-refractivity contribution >= 4 is 21.5 Å². The van der Waals surface area contributed by atoms with Crippen LogP contribution in [0.1, 0.15) is 52.7 Å². The summed E-state index contributed by atoms with van der Waals surface area (Å²) >= 11 is 0. The summed E-state index contributed by atoms with van der Waals surface area (Å²) in [7, 11) is 0. The van der Waals surface area contributed by atoms with Crippen molar-refractivity contribution in [2.45, 2.75) is 52.4 Å². The van der Waals surface area contributed by atoms with Gasteiger partial charge in [0.1, 0.15) is 0 Å². The molecule has 0 amide bonds. The summed E-state index contributed by atoms with van der Waals surface area (Å²) in [6, 6.07) is 20.4. The molecular formula is C26H29N. The Hall–Kier alpha value is -2.54. The van der Waals surface area contributed by atoms with Crippen molar-refractivity contribution in [1.29, 1.82) is 0 Å². The van der Waals surface area contributed by atoms with Crippen LogP contribution in [0.15, 0.2) is 67.0 Å². The molecule has 0 N–H and O–H groups in total. The summed E-state index contributed by atoms with van der Waals surface area (Å²) in [5.74, 6) is 0. The number of rotatable bonds is 1. The van der Waals surface area contributed by atoms with Crippen LogP contribution >= 0.6 is 0 Å². The van der Waals surface area contributed by atoms with Crippen molar-refractivity contribution in [3.05, 3.63) is 78.1 Å². The van der Waals surface area contributed by atoms with Gasteiger partial charge < -0.3 is 4.57 Å². The van der Waals surface area contributed by atoms with Gasteiger partial charge in [0.05, 0.1) is 5.69 Å². The normalized spacial score (nSPS) is 12.8. The zero-order valence-corrected chi connectivity index (χ0v) is 17.3. The Morgan fingerprint density at radius 1 is 0.593 bits per heavy atom. The first-order valence-corrected chi connectivity index (χ1v) is 9.79. The van der Waals surface area contributed by atoms with Crippen LogP contribution in [0.25, 0.3) is 27.2 Å². The van der Waals surface area contributed by atoms with Crippen LogP contribution in [0.4, 0.5) is 0 Å². The Morgan fingerprint density at radius 3 is 1.81 bits per heavy atom. The number of hydrogen-bond acceptors (Lipinski definition) is 0. The van der Waals surface area contributed by atoms with Gasteiger partial charge in [-0.05, 0) is 57.0 Å². The van der Waals surface area contributed by atoms with Gasteiger partial charge in [0.15, 0.2) is 0 Å². The van der Waals surface area contributed by atoms with Crippen LogP contribution in [-0.2, 0) is 10.8 Å². The maximum Gasteiger partial charge on any atom is 0.0606 e. The van der Waals surface area contributed by atoms with Gasteiger partial charge in [-0.25, -0.2) is 0 Å². The summed E-state index contributed by atoms with van der Waals surface area (Å²) in [6.07, 6.45) is 4.30. The molecule has 1 nitrogen and oxygen atoms in total. The molecule has 4 aromatic rings. The molecule has 1 heteroatoms. The molecule has 1 heterocycles. The van der Waals surface area contributed by atoms with E-state index < -0.39 is 0 Å². The Balaban J connectivity index is 2.12. The smallest absolute Gasteiger partial charge is 0.0606 e. The Kier molecular flexibility index (Phi) is 3.96. The number of fused-ring (bicyclic) bond motifs is 2. The van der Waals surface area contributed by atoms with Gasteiger partial charge in [-0.2, -0.15) is 0 Å². The number of hydrogen-bond donors (Lipinski definition) is 0. The van der Waals surface area contributed by atoms with E-state index in [1.165, 1.54) is 38.4 Å². The molecule has 0 bridgehead atoms. The molecule has 0 aliphatic carbocycles. The lowest BCUT2D eigenvalue weighted by Gasteiger charge is -2.23. The highest BCUT2D eigenvalue weighted by molar-refractivity contribution is 6.07. The van der Waals surface area contributed by atoms with Crippen molar-refractivity contribution in [3.63, 3.8) is 0 Å². The second kappa shape index (κ2) is 5.99. The van der Waals surface area contributed by atoms with Gasteiger partial charge in [0.25, 0.3) is 0 Å². The minimum absolute atomic E-state index is 0.132. The molecule has 0 radical (unpaired) electrons. The molecule has 0 unspecified atom stereocenters. The van der Waals surface area contributed by atoms with Crippen LogP contribution in [0.3, 0.4) is 0 Å². The number of benzene rings is 3. The number of nitrogens with zero attached hydrogens (tertiary/aromatic N) is 1. The van der Waals surface area contributed by atoms with E-state index in [1.54, 1.807) is 0 Å². The van der Waals surface area contributed by atoms with E-state index in [1.807, 2.05) is 0 Å². The van der Waals surface area contributed by atoms with E-state index in [4.69, 9.17) is 0 Å². The minimum Gasteiger partial charge on any atom is -0.323 e. The van der Waals surface area contributed by atoms with E-state index in [9.17, 15) is 0 Å². The average molecular weight is 356 g/mol. The lowest BCUT2D eigenvalue weighted by Crippen LogP contribution is -2.11. The third-order valence-corrected chi connectivity index (χ3v) is 5.52. The van der Waals surface area contributed by atoms with E-state index in [0.29, 0.717) is 0 Å². The van der Waals surface area contributed by atoms with Crippen LogP contribution in [0.2, 0.25) is 0 Å². The van der Waals surface area contributed by atoms with E-state index in [-0.39, 0.29) is 10.8 Å². The van der Waals surface area contributed by atoms with E-state index >= 15 is 0 Å². The Bertz CT molecular complexity index is 1120. The molecule has 3 aromatic carbocycles. The van der Waals surface area contributed by atoms with Crippen molar-refractivity contribution in [1.82, 2.24) is 4.57 Å². The second-order valence-electron chi connectivity index (χ2n) is 9.69. The highest BCUT2D eigenvalue weighted by Crippen LogP contribution is 2.36. The van der Waals surface area contributed by atoms with Gasteiger partial charge in [-0.1, -0.05) is 71.9 Å². The molecule has 0 aliphatic heterocycles. The summed E-state index contributed by atoms with van der Waals surface area (Å²) in [6.45, 7) is 13.7. The molecule has 4 rings (SSSR count). The molecule has 1 aromatic heterocycles. The van der Waals surface area contributed by atoms with Gasteiger partial charge in [0.2, 0.25) is 0 Å². The zero-order chi connectivity index (χ0) is 19.4. The second-order valence-corrected chi connectivity index (χ2v) is 9.69. The summed E-state index contributed by atoms with van der Waals surface area (Å²) in [5, 5.41) is 5.22. The lowest BCUT2D eigenvalue weighted by molar-refractivity contribution is 0.590. The summed E-state index contributed by atoms with van der Waals surface area (Å²) in [4.78, 5) is 0. The van der Waals surface area contributed by atoms with Gasteiger partial charge >= 0.3 is 0 Å². The molecule has 0 saturated carbocycles. The monoisotopic (exact) mass is 355 g/mol. The highest BCUT2D eigenvalue weighted by atomic mass is 14.9. The molecular weight excluding hydrogens is 326 g/mol. The maximum atomic E-state index is 2.38. The molecule has 0 aliphatic rings. The fourth-order valence-electron chi connectivity index (χ4n) is 3.79. The average Bonchev–Trinajstić information content (AvgIpc) is 3.11. The third-order valence-electron chi connectivity index (χ3n) is 5.52. The summed E-state index contributed by atoms with van der Waals surface area (Å²) in [5.41, 5.74) is 4.30. The fourth-order valence-corrected chi connectivity index (χ4v) is 3.79. The lowest BCUT2D eigenvalue weighted by atomic mass is 9.83. The van der Waals surface area contributed by atoms with Crippen LogP contribution < -0.4 is 0 Å². The first-order valence-electron chi connectivity index (χ1n) is 9.79. The van der Waals surface area contributed by atoms with Gasteiger partial charge in [-0.15, -0.1) is 0 Å². The van der Waals surface area contributed by atoms with Gasteiger partial charge in [-0.3, -0.25) is 0 Å². The van der Waals surface area contributed by atoms with Gasteiger partial charge in [0, 0.05) is 23.2 Å². The largest absolute Gasteiger partial charge is 0.323 e. The van der Waals surface area contributed by atoms with Crippen molar-refractivity contribution in [2.24, 2.45) is 0 Å². The van der Waals surface area contributed by atoms with Crippen LogP contribution in [0.5, 0.6) is 0 Å². The van der Waals surface area contributed by atoms with Crippen molar-refractivity contribution < 1.29 is 0 Å². The highest BCUT2D eigenvalue weighted by Gasteiger charge is 2.18. The molecule has 0 atom stereocenters. The van der Waals surface area contributed by atoms with Crippen molar-refractivity contribution in [3.8, 4) is 5.69 Å². The quantitative estimate of drug-likeness (QED) is 0.314. The molecule has 27 heavy (non-hydrogen) atoms. The van der Waals surface area contributed by atoms with E-state index in [2.05, 4.69) is 113 Å². The van der Waals surface area contributed by atoms with Crippen LogP contribution in [-0.4, -0.2) is 4.57 Å². The first kappa shape index (κ1) is 17.9. The third kappa shape index (κ3) is 3.16. The molecule has 0 spiro atoms. The summed E-state index contributed by atoms with van der Waals surface area (Å²) < 4.78 is 2.26. The molecule has 0 saturated heterocycles. The SMILES string of the molecule is CC(C)(C)c1ccc2c(-n3cccc3)c3cc(C(C)(C)C)ccc3cc2c1. The maximum absolute atomic E-state index is 2.38. The minimum atomic E-state index is 0.132. The Morgan fingerprint density at radius 2 is 1.19 bits per heavy atom. The predicted octanol–water partition coefficient (Wildman–Crippen LogP) is 7.38. The fraction of sp³-hybridized carbons (Fsp3) is 0.308. The number of aromatic nitrogens is 1. The standard InChI is InChI=1S/C26H29N/c1-25(2,3)20-11-12-22-19(16-20)15-18-9-10-21(26(4,5)6)17-23(18)24(22)27-13-7-8-14-27/h7-17H,1-6H3. The molecule has 138 valence electrons. The Labute approximate surface area is 162 Å². The predicted molar refractivity (Wildman–Crippen MR) is 118 cm³/mol.